The molecule has 2 nitrogen and oxygen atoms in total. The molecule has 7 heteroatoms. The van der Waals surface area contributed by atoms with Crippen LogP contribution in [0.5, 0.6) is 0 Å². The molecule has 144 valence electrons. The fraction of sp³-hybridized carbons (Fsp3) is 0.182. The van der Waals surface area contributed by atoms with E-state index in [1.165, 1.54) is 33.3 Å². The van der Waals surface area contributed by atoms with E-state index in [4.69, 9.17) is 9.97 Å². The smallest absolute Gasteiger partial charge is 0.0848 e. The van der Waals surface area contributed by atoms with E-state index in [1.807, 2.05) is 11.8 Å². The zero-order valence-corrected chi connectivity index (χ0v) is 22.0. The number of fused-ring (bicyclic) bond motifs is 8. The molecule has 2 aromatic carbocycles. The van der Waals surface area contributed by atoms with Crippen LogP contribution < -0.4 is 0 Å². The number of halogens is 4. The van der Waals surface area contributed by atoms with Crippen molar-refractivity contribution in [2.75, 3.05) is 0 Å². The van der Waals surface area contributed by atoms with E-state index in [0.29, 0.717) is 10.5 Å². The molecule has 0 spiro atoms. The number of benzene rings is 2. The molecule has 4 aromatic rings. The zero-order valence-electron chi connectivity index (χ0n) is 14.8. The number of pyridine rings is 2. The Bertz CT molecular complexity index is 1250. The fourth-order valence-electron chi connectivity index (χ4n) is 4.44. The van der Waals surface area contributed by atoms with E-state index < -0.39 is 0 Å². The molecule has 29 heavy (non-hydrogen) atoms. The molecule has 0 aliphatic carbocycles. The van der Waals surface area contributed by atoms with Crippen LogP contribution in [0, 0.1) is 0 Å². The topological polar surface area (TPSA) is 25.8 Å². The van der Waals surface area contributed by atoms with Gasteiger partial charge in [-0.05, 0) is 92.2 Å². The minimum absolute atomic E-state index is 0.381. The number of hydrogen-bond acceptors (Lipinski definition) is 3. The molecule has 0 saturated heterocycles. The molecule has 0 amide bonds. The first kappa shape index (κ1) is 19.2. The largest absolute Gasteiger partial charge is 0.250 e. The van der Waals surface area contributed by atoms with E-state index in [0.717, 1.165) is 41.8 Å². The highest BCUT2D eigenvalue weighted by atomic mass is 79.9. The van der Waals surface area contributed by atoms with E-state index in [9.17, 15) is 0 Å². The van der Waals surface area contributed by atoms with Gasteiger partial charge in [0.25, 0.3) is 0 Å². The standard InChI is InChI=1S/C22H12Br4N2S/c23-13-3-9-1-11-5-17-22-12(2-10-4-14(24)8-16(26)20(10)28-22)6-18(29-17)21(11)27-19(9)15(25)7-13/h1-4,7-8,17-18H,5-6H2/t17-,18-/m1/s1. The van der Waals surface area contributed by atoms with Crippen molar-refractivity contribution in [2.24, 2.45) is 0 Å². The van der Waals surface area contributed by atoms with Crippen LogP contribution in [0.1, 0.15) is 33.0 Å². The van der Waals surface area contributed by atoms with Crippen molar-refractivity contribution >= 4 is 97.3 Å². The summed E-state index contributed by atoms with van der Waals surface area (Å²) in [5, 5.41) is 3.11. The molecular formula is C22H12Br4N2S. The van der Waals surface area contributed by atoms with Crippen molar-refractivity contribution < 1.29 is 0 Å². The van der Waals surface area contributed by atoms with Crippen molar-refractivity contribution in [1.82, 2.24) is 9.97 Å². The first-order valence-corrected chi connectivity index (χ1v) is 13.3. The highest BCUT2D eigenvalue weighted by Gasteiger charge is 2.37. The van der Waals surface area contributed by atoms with Gasteiger partial charge in [0, 0.05) is 28.7 Å². The number of thioether (sulfide) groups is 1. The van der Waals surface area contributed by atoms with Gasteiger partial charge in [0.15, 0.2) is 0 Å². The van der Waals surface area contributed by atoms with Gasteiger partial charge in [0.05, 0.1) is 32.9 Å². The summed E-state index contributed by atoms with van der Waals surface area (Å²) in [6.07, 6.45) is 1.95. The first-order valence-electron chi connectivity index (χ1n) is 9.19. The van der Waals surface area contributed by atoms with Gasteiger partial charge >= 0.3 is 0 Å². The van der Waals surface area contributed by atoms with Gasteiger partial charge in [-0.25, -0.2) is 0 Å². The monoisotopic (exact) mass is 652 g/mol. The lowest BCUT2D eigenvalue weighted by Crippen LogP contribution is -2.23. The first-order chi connectivity index (χ1) is 14.0. The van der Waals surface area contributed by atoms with Crippen molar-refractivity contribution in [3.63, 3.8) is 0 Å². The third-order valence-corrected chi connectivity index (χ3v) is 9.21. The molecule has 2 aliphatic rings. The maximum atomic E-state index is 5.12. The maximum absolute atomic E-state index is 5.12. The molecule has 0 saturated carbocycles. The third kappa shape index (κ3) is 3.15. The number of hydrogen-bond donors (Lipinski definition) is 0. The number of rotatable bonds is 0. The van der Waals surface area contributed by atoms with Crippen molar-refractivity contribution in [3.05, 3.63) is 76.8 Å². The van der Waals surface area contributed by atoms with Crippen LogP contribution in [0.4, 0.5) is 0 Å². The van der Waals surface area contributed by atoms with Crippen LogP contribution in [0.3, 0.4) is 0 Å². The second-order valence-electron chi connectivity index (χ2n) is 7.51. The predicted molar refractivity (Wildman–Crippen MR) is 135 cm³/mol. The van der Waals surface area contributed by atoms with Crippen LogP contribution in [0.15, 0.2) is 54.3 Å². The van der Waals surface area contributed by atoms with E-state index in [-0.39, 0.29) is 0 Å². The summed E-state index contributed by atoms with van der Waals surface area (Å²) in [7, 11) is 0. The van der Waals surface area contributed by atoms with Crippen molar-refractivity contribution in [2.45, 2.75) is 23.3 Å². The molecule has 2 aliphatic heterocycles. The van der Waals surface area contributed by atoms with Crippen LogP contribution in [-0.4, -0.2) is 9.97 Å². The molecule has 0 fully saturated rings. The maximum Gasteiger partial charge on any atom is 0.0848 e. The fourth-order valence-corrected chi connectivity index (χ4v) is 8.74. The molecule has 0 N–H and O–H groups in total. The number of aromatic nitrogens is 2. The second-order valence-corrected chi connectivity index (χ2v) is 12.5. The lowest BCUT2D eigenvalue weighted by molar-refractivity contribution is 0.734. The summed E-state index contributed by atoms with van der Waals surface area (Å²) < 4.78 is 4.21. The van der Waals surface area contributed by atoms with Crippen LogP contribution in [0.2, 0.25) is 0 Å². The molecular weight excluding hydrogens is 644 g/mol. The van der Waals surface area contributed by atoms with Gasteiger partial charge in [0.1, 0.15) is 0 Å². The van der Waals surface area contributed by atoms with Gasteiger partial charge in [-0.2, -0.15) is 0 Å². The Balaban J connectivity index is 1.53. The summed E-state index contributed by atoms with van der Waals surface area (Å²) in [6, 6.07) is 13.1. The Labute approximate surface area is 205 Å². The van der Waals surface area contributed by atoms with Crippen LogP contribution in [-0.2, 0) is 12.8 Å². The predicted octanol–water partition coefficient (Wildman–Crippen LogP) is 8.46. The quantitative estimate of drug-likeness (QED) is 0.190. The van der Waals surface area contributed by atoms with Crippen LogP contribution >= 0.6 is 75.5 Å². The second kappa shape index (κ2) is 7.02. The van der Waals surface area contributed by atoms with Gasteiger partial charge in [0.2, 0.25) is 0 Å². The van der Waals surface area contributed by atoms with E-state index >= 15 is 0 Å². The minimum atomic E-state index is 0.381. The summed E-state index contributed by atoms with van der Waals surface area (Å²) >= 11 is 16.6. The average molecular weight is 656 g/mol. The van der Waals surface area contributed by atoms with Crippen molar-refractivity contribution in [3.8, 4) is 0 Å². The summed E-state index contributed by atoms with van der Waals surface area (Å²) in [6.45, 7) is 0. The van der Waals surface area contributed by atoms with E-state index in [2.05, 4.69) is 100 Å². The van der Waals surface area contributed by atoms with Gasteiger partial charge in [-0.1, -0.05) is 31.9 Å². The summed E-state index contributed by atoms with van der Waals surface area (Å²) in [5.41, 5.74) is 7.28. The Hall–Kier alpha value is -0.470. The molecule has 2 aromatic heterocycles. The Morgan fingerprint density at radius 1 is 0.655 bits per heavy atom. The molecule has 6 rings (SSSR count). The zero-order chi connectivity index (χ0) is 19.9. The highest BCUT2D eigenvalue weighted by Crippen LogP contribution is 2.54. The van der Waals surface area contributed by atoms with Crippen LogP contribution in [0.25, 0.3) is 21.8 Å². The van der Waals surface area contributed by atoms with Gasteiger partial charge in [-0.15, -0.1) is 11.8 Å². The average Bonchev–Trinajstić information content (AvgIpc) is 2.65. The Morgan fingerprint density at radius 3 is 1.55 bits per heavy atom. The summed E-state index contributed by atoms with van der Waals surface area (Å²) in [4.78, 5) is 10.2. The third-order valence-electron chi connectivity index (χ3n) is 5.65. The van der Waals surface area contributed by atoms with Gasteiger partial charge in [-0.3, -0.25) is 9.97 Å². The van der Waals surface area contributed by atoms with Gasteiger partial charge < -0.3 is 0 Å². The molecule has 2 bridgehead atoms. The molecule has 0 unspecified atom stereocenters. The molecule has 2 atom stereocenters. The van der Waals surface area contributed by atoms with E-state index in [1.54, 1.807) is 0 Å². The lowest BCUT2D eigenvalue weighted by Gasteiger charge is -2.36. The Morgan fingerprint density at radius 2 is 1.10 bits per heavy atom. The highest BCUT2D eigenvalue weighted by molar-refractivity contribution is 9.11. The molecule has 4 heterocycles. The minimum Gasteiger partial charge on any atom is -0.250 e. The number of nitrogens with zero attached hydrogens (tertiary/aromatic N) is 2. The Kier molecular flexibility index (Phi) is 4.66. The lowest BCUT2D eigenvalue weighted by atomic mass is 9.91. The normalized spacial score (nSPS) is 20.0. The molecule has 0 radical (unpaired) electrons. The summed E-state index contributed by atoms with van der Waals surface area (Å²) in [5.74, 6) is 0. The SMILES string of the molecule is Brc1cc(Br)c2nc3c(cc2c1)C[C@H]1S[C@@H]3Cc2cc3cc(Br)cc(Br)c3nc21. The van der Waals surface area contributed by atoms with Crippen molar-refractivity contribution in [1.29, 1.82) is 0 Å².